The number of benzene rings is 1. The number of aromatic nitrogens is 1. The van der Waals surface area contributed by atoms with Crippen LogP contribution in [0.2, 0.25) is 0 Å². The standard InChI is InChI=1S/C14H15N3O4/c18-12-13(19)17(12)16-10-7-3-6-9(11(10)14(20)21)15-8-4-1-2-5-8/h3,6-8,15-16H,1-2,4-5H2,(H,20,21). The number of nitrogens with one attached hydrogen (secondary N) is 2. The first-order valence-corrected chi connectivity index (χ1v) is 6.86. The first-order chi connectivity index (χ1) is 10.1. The van der Waals surface area contributed by atoms with Crippen molar-refractivity contribution >= 4 is 17.3 Å². The number of nitrogens with zero attached hydrogens (tertiary/aromatic N) is 1. The van der Waals surface area contributed by atoms with Gasteiger partial charge in [0.2, 0.25) is 0 Å². The lowest BCUT2D eigenvalue weighted by Crippen LogP contribution is -2.19. The summed E-state index contributed by atoms with van der Waals surface area (Å²) >= 11 is 0. The molecular formula is C14H15N3O4. The molecule has 1 saturated carbocycles. The number of anilines is 2. The molecule has 0 aliphatic heterocycles. The van der Waals surface area contributed by atoms with Gasteiger partial charge in [-0.3, -0.25) is 15.0 Å². The molecule has 0 bridgehead atoms. The van der Waals surface area contributed by atoms with E-state index in [9.17, 15) is 19.5 Å². The van der Waals surface area contributed by atoms with Crippen LogP contribution in [0.5, 0.6) is 0 Å². The molecule has 1 aromatic carbocycles. The van der Waals surface area contributed by atoms with E-state index in [-0.39, 0.29) is 17.3 Å². The van der Waals surface area contributed by atoms with Gasteiger partial charge in [-0.2, -0.15) is 4.68 Å². The fourth-order valence-corrected chi connectivity index (χ4v) is 2.64. The molecule has 3 N–H and O–H groups in total. The summed E-state index contributed by atoms with van der Waals surface area (Å²) in [6.07, 6.45) is 4.29. The summed E-state index contributed by atoms with van der Waals surface area (Å²) in [6.45, 7) is 0. The molecule has 1 aliphatic carbocycles. The number of aromatic carboxylic acids is 1. The summed E-state index contributed by atoms with van der Waals surface area (Å²) in [5, 5.41) is 12.7. The fourth-order valence-electron chi connectivity index (χ4n) is 2.64. The van der Waals surface area contributed by atoms with E-state index in [0.29, 0.717) is 5.69 Å². The molecule has 0 unspecified atom stereocenters. The topological polar surface area (TPSA) is 100 Å². The summed E-state index contributed by atoms with van der Waals surface area (Å²) in [5.74, 6) is -1.11. The molecule has 0 saturated heterocycles. The van der Waals surface area contributed by atoms with Crippen LogP contribution in [0.4, 0.5) is 11.4 Å². The predicted molar refractivity (Wildman–Crippen MR) is 77.6 cm³/mol. The molecule has 0 radical (unpaired) electrons. The van der Waals surface area contributed by atoms with Gasteiger partial charge in [0, 0.05) is 6.04 Å². The highest BCUT2D eigenvalue weighted by molar-refractivity contribution is 6.00. The largest absolute Gasteiger partial charge is 0.478 e. The molecular weight excluding hydrogens is 274 g/mol. The van der Waals surface area contributed by atoms with Gasteiger partial charge in [0.05, 0.1) is 11.4 Å². The zero-order valence-corrected chi connectivity index (χ0v) is 11.3. The normalized spacial score (nSPS) is 15.4. The van der Waals surface area contributed by atoms with Crippen LogP contribution >= 0.6 is 0 Å². The lowest BCUT2D eigenvalue weighted by molar-refractivity contribution is 0.0699. The van der Waals surface area contributed by atoms with E-state index in [1.165, 1.54) is 6.07 Å². The van der Waals surface area contributed by atoms with Crippen molar-refractivity contribution in [2.24, 2.45) is 0 Å². The Morgan fingerprint density at radius 1 is 1.14 bits per heavy atom. The minimum atomic E-state index is -1.11. The third-order valence-corrected chi connectivity index (χ3v) is 3.76. The van der Waals surface area contributed by atoms with E-state index < -0.39 is 17.1 Å². The summed E-state index contributed by atoms with van der Waals surface area (Å²) in [6, 6.07) is 5.17. The van der Waals surface area contributed by atoms with E-state index in [4.69, 9.17) is 0 Å². The molecule has 0 atom stereocenters. The van der Waals surface area contributed by atoms with Crippen molar-refractivity contribution in [1.82, 2.24) is 4.68 Å². The Bertz CT molecular complexity index is 726. The van der Waals surface area contributed by atoms with Crippen LogP contribution in [0.3, 0.4) is 0 Å². The summed E-state index contributed by atoms with van der Waals surface area (Å²) in [4.78, 5) is 33.5. The van der Waals surface area contributed by atoms with Gasteiger partial charge >= 0.3 is 17.1 Å². The Morgan fingerprint density at radius 2 is 1.76 bits per heavy atom. The second kappa shape index (κ2) is 5.08. The molecule has 2 aromatic rings. The number of carboxylic acid groups (broad SMARTS) is 1. The maximum absolute atomic E-state index is 11.5. The second-order valence-corrected chi connectivity index (χ2v) is 5.22. The van der Waals surface area contributed by atoms with Crippen LogP contribution in [0.15, 0.2) is 27.8 Å². The van der Waals surface area contributed by atoms with Gasteiger partial charge in [0.15, 0.2) is 0 Å². The molecule has 1 aliphatic rings. The third-order valence-electron chi connectivity index (χ3n) is 3.76. The van der Waals surface area contributed by atoms with Crippen LogP contribution in [0.25, 0.3) is 0 Å². The Morgan fingerprint density at radius 3 is 2.33 bits per heavy atom. The highest BCUT2D eigenvalue weighted by Crippen LogP contribution is 2.28. The Balaban J connectivity index is 1.92. The molecule has 3 rings (SSSR count). The molecule has 0 amide bonds. The zero-order valence-electron chi connectivity index (χ0n) is 11.3. The van der Waals surface area contributed by atoms with Gasteiger partial charge in [-0.15, -0.1) is 0 Å². The van der Waals surface area contributed by atoms with Crippen LogP contribution in [-0.2, 0) is 0 Å². The molecule has 0 spiro atoms. The van der Waals surface area contributed by atoms with Crippen LogP contribution in [0, 0.1) is 0 Å². The Kier molecular flexibility index (Phi) is 3.25. The van der Waals surface area contributed by atoms with Crippen LogP contribution in [0.1, 0.15) is 36.0 Å². The Hall–Kier alpha value is -2.57. The van der Waals surface area contributed by atoms with E-state index in [0.717, 1.165) is 30.4 Å². The quantitative estimate of drug-likeness (QED) is 0.710. The van der Waals surface area contributed by atoms with Crippen molar-refractivity contribution in [3.05, 3.63) is 44.5 Å². The molecule has 1 aromatic heterocycles. The monoisotopic (exact) mass is 289 g/mol. The van der Waals surface area contributed by atoms with Gasteiger partial charge in [-0.05, 0) is 25.0 Å². The molecule has 1 fully saturated rings. The van der Waals surface area contributed by atoms with Crippen molar-refractivity contribution in [3.63, 3.8) is 0 Å². The number of carbonyl (C=O) groups is 1. The summed E-state index contributed by atoms with van der Waals surface area (Å²) < 4.78 is 0.793. The lowest BCUT2D eigenvalue weighted by Gasteiger charge is -2.17. The molecule has 7 nitrogen and oxygen atoms in total. The number of rotatable bonds is 5. The first-order valence-electron chi connectivity index (χ1n) is 6.86. The average Bonchev–Trinajstić information content (AvgIpc) is 2.85. The highest BCUT2D eigenvalue weighted by atomic mass is 16.4. The van der Waals surface area contributed by atoms with E-state index >= 15 is 0 Å². The minimum Gasteiger partial charge on any atom is -0.478 e. The molecule has 110 valence electrons. The average molecular weight is 289 g/mol. The first kappa shape index (κ1) is 13.4. The summed E-state index contributed by atoms with van der Waals surface area (Å²) in [5.41, 5.74) is 1.98. The van der Waals surface area contributed by atoms with Crippen molar-refractivity contribution in [2.75, 3.05) is 10.7 Å². The smallest absolute Gasteiger partial charge is 0.340 e. The Labute approximate surface area is 119 Å². The molecule has 21 heavy (non-hydrogen) atoms. The van der Waals surface area contributed by atoms with Crippen molar-refractivity contribution in [1.29, 1.82) is 0 Å². The summed E-state index contributed by atoms with van der Waals surface area (Å²) in [7, 11) is 0. The van der Waals surface area contributed by atoms with Gasteiger partial charge in [-0.1, -0.05) is 18.9 Å². The maximum atomic E-state index is 11.5. The van der Waals surface area contributed by atoms with E-state index in [2.05, 4.69) is 10.7 Å². The predicted octanol–water partition coefficient (Wildman–Crippen LogP) is 1.01. The van der Waals surface area contributed by atoms with Gasteiger partial charge in [0.25, 0.3) is 0 Å². The van der Waals surface area contributed by atoms with Gasteiger partial charge < -0.3 is 10.4 Å². The SMILES string of the molecule is O=C(O)c1c(NC2CCCC2)cccc1Nn1c(=O)c1=O. The van der Waals surface area contributed by atoms with Crippen molar-refractivity contribution in [2.45, 2.75) is 31.7 Å². The van der Waals surface area contributed by atoms with Crippen molar-refractivity contribution in [3.8, 4) is 0 Å². The van der Waals surface area contributed by atoms with Crippen molar-refractivity contribution < 1.29 is 9.90 Å². The maximum Gasteiger partial charge on any atom is 0.340 e. The van der Waals surface area contributed by atoms with Gasteiger partial charge in [0.1, 0.15) is 5.56 Å². The van der Waals surface area contributed by atoms with Gasteiger partial charge in [-0.25, -0.2) is 4.79 Å². The highest BCUT2D eigenvalue weighted by Gasteiger charge is 2.23. The second-order valence-electron chi connectivity index (χ2n) is 5.22. The zero-order chi connectivity index (χ0) is 15.0. The molecule has 1 heterocycles. The minimum absolute atomic E-state index is 0.0388. The molecule has 7 heteroatoms. The number of hydrogen-bond donors (Lipinski definition) is 3. The van der Waals surface area contributed by atoms with Crippen LogP contribution in [-0.4, -0.2) is 21.8 Å². The lowest BCUT2D eigenvalue weighted by atomic mass is 10.1. The van der Waals surface area contributed by atoms with E-state index in [1.54, 1.807) is 12.1 Å². The van der Waals surface area contributed by atoms with E-state index in [1.807, 2.05) is 0 Å². The number of hydrogen-bond acceptors (Lipinski definition) is 5. The number of carboxylic acids is 1. The third kappa shape index (κ3) is 2.54. The van der Waals surface area contributed by atoms with Crippen LogP contribution < -0.4 is 21.9 Å². The fraction of sp³-hybridized carbons (Fsp3) is 0.357.